The van der Waals surface area contributed by atoms with Gasteiger partial charge in [0.05, 0.1) is 0 Å². The fraction of sp³-hybridized carbons (Fsp3) is 0. The van der Waals surface area contributed by atoms with Gasteiger partial charge in [0, 0.05) is 24.8 Å². The zero-order chi connectivity index (χ0) is 17.6. The zero-order valence-corrected chi connectivity index (χ0v) is 14.3. The maximum Gasteiger partial charge on any atom is 0.0273 e. The molecule has 0 aliphatic carbocycles. The molecule has 0 atom stereocenters. The Labute approximate surface area is 153 Å². The fourth-order valence-electron chi connectivity index (χ4n) is 2.85. The normalized spacial score (nSPS) is 10.9. The van der Waals surface area contributed by atoms with E-state index in [1.54, 1.807) is 0 Å². The van der Waals surface area contributed by atoms with E-state index >= 15 is 0 Å². The highest BCUT2D eigenvalue weighted by molar-refractivity contribution is 5.73. The second kappa shape index (κ2) is 7.58. The van der Waals surface area contributed by atoms with E-state index in [4.69, 9.17) is 0 Å². The summed E-state index contributed by atoms with van der Waals surface area (Å²) in [6.07, 6.45) is 11.5. The van der Waals surface area contributed by atoms with Crippen molar-refractivity contribution in [1.82, 2.24) is 9.97 Å². The van der Waals surface area contributed by atoms with Crippen LogP contribution in [0, 0.1) is 0 Å². The van der Waals surface area contributed by atoms with E-state index in [-0.39, 0.29) is 0 Å². The van der Waals surface area contributed by atoms with Crippen LogP contribution in [0.3, 0.4) is 0 Å². The Bertz CT molecular complexity index is 903. The molecular weight excluding hydrogens is 316 g/mol. The van der Waals surface area contributed by atoms with Crippen LogP contribution in [-0.4, -0.2) is 9.97 Å². The smallest absolute Gasteiger partial charge is 0.0273 e. The van der Waals surface area contributed by atoms with Gasteiger partial charge in [0.2, 0.25) is 0 Å². The predicted octanol–water partition coefficient (Wildman–Crippen LogP) is 5.98. The zero-order valence-electron chi connectivity index (χ0n) is 14.3. The van der Waals surface area contributed by atoms with Crippen molar-refractivity contribution in [2.75, 3.05) is 0 Å². The van der Waals surface area contributed by atoms with E-state index in [2.05, 4.69) is 70.7 Å². The van der Waals surface area contributed by atoms with Gasteiger partial charge in [-0.05, 0) is 57.6 Å². The van der Waals surface area contributed by atoms with E-state index in [0.29, 0.717) is 0 Å². The molecule has 0 bridgehead atoms. The van der Waals surface area contributed by atoms with Crippen LogP contribution < -0.4 is 0 Å². The molecule has 4 rings (SSSR count). The van der Waals surface area contributed by atoms with Gasteiger partial charge in [-0.2, -0.15) is 0 Å². The highest BCUT2D eigenvalue weighted by Crippen LogP contribution is 2.21. The topological polar surface area (TPSA) is 25.8 Å². The Morgan fingerprint density at radius 1 is 0.385 bits per heavy atom. The summed E-state index contributed by atoms with van der Waals surface area (Å²) in [6.45, 7) is 0. The molecular formula is C24H18N2. The second-order valence-corrected chi connectivity index (χ2v) is 6.05. The van der Waals surface area contributed by atoms with Gasteiger partial charge in [-0.15, -0.1) is 0 Å². The third-order valence-corrected chi connectivity index (χ3v) is 4.32. The SMILES string of the molecule is C(=C\c1ccc(-c2ccncc2)cc1)/c1ccc(-c2ccncc2)cc1. The highest BCUT2D eigenvalue weighted by Gasteiger charge is 1.98. The minimum absolute atomic E-state index is 1.18. The summed E-state index contributed by atoms with van der Waals surface area (Å²) >= 11 is 0. The number of rotatable bonds is 4. The average Bonchev–Trinajstić information content (AvgIpc) is 2.74. The summed E-state index contributed by atoms with van der Waals surface area (Å²) in [5.74, 6) is 0. The summed E-state index contributed by atoms with van der Waals surface area (Å²) in [6, 6.07) is 25.2. The first kappa shape index (κ1) is 16.0. The summed E-state index contributed by atoms with van der Waals surface area (Å²) < 4.78 is 0. The van der Waals surface area contributed by atoms with Gasteiger partial charge < -0.3 is 0 Å². The van der Waals surface area contributed by atoms with Gasteiger partial charge in [0.25, 0.3) is 0 Å². The number of nitrogens with zero attached hydrogens (tertiary/aromatic N) is 2. The molecule has 2 aromatic heterocycles. The molecule has 0 saturated carbocycles. The molecule has 0 N–H and O–H groups in total. The third kappa shape index (κ3) is 3.76. The van der Waals surface area contributed by atoms with Gasteiger partial charge in [-0.3, -0.25) is 9.97 Å². The molecule has 0 aliphatic heterocycles. The molecule has 4 aromatic rings. The molecule has 0 radical (unpaired) electrons. The lowest BCUT2D eigenvalue weighted by Gasteiger charge is -2.02. The quantitative estimate of drug-likeness (QED) is 0.429. The minimum Gasteiger partial charge on any atom is -0.265 e. The first-order chi connectivity index (χ1) is 12.9. The van der Waals surface area contributed by atoms with Crippen molar-refractivity contribution in [3.8, 4) is 22.3 Å². The van der Waals surface area contributed by atoms with Crippen molar-refractivity contribution in [3.05, 3.63) is 109 Å². The standard InChI is InChI=1S/C24H18N2/c1(19-3-7-21(8-4-19)23-11-15-25-16-12-23)2-20-5-9-22(10-6-20)24-13-17-26-18-14-24/h1-18H/b2-1+. The van der Waals surface area contributed by atoms with Crippen LogP contribution in [0.1, 0.15) is 11.1 Å². The summed E-state index contributed by atoms with van der Waals surface area (Å²) in [5, 5.41) is 0. The molecule has 26 heavy (non-hydrogen) atoms. The molecule has 0 spiro atoms. The van der Waals surface area contributed by atoms with Crippen LogP contribution >= 0.6 is 0 Å². The monoisotopic (exact) mass is 334 g/mol. The van der Waals surface area contributed by atoms with E-state index in [1.165, 1.54) is 33.4 Å². The minimum atomic E-state index is 1.18. The van der Waals surface area contributed by atoms with Crippen LogP contribution in [0.2, 0.25) is 0 Å². The first-order valence-corrected chi connectivity index (χ1v) is 8.57. The highest BCUT2D eigenvalue weighted by atomic mass is 14.6. The molecule has 2 nitrogen and oxygen atoms in total. The molecule has 0 unspecified atom stereocenters. The lowest BCUT2D eigenvalue weighted by molar-refractivity contribution is 1.33. The Morgan fingerprint density at radius 2 is 0.692 bits per heavy atom. The van der Waals surface area contributed by atoms with E-state index in [1.807, 2.05) is 49.1 Å². The van der Waals surface area contributed by atoms with Crippen molar-refractivity contribution >= 4 is 12.2 Å². The summed E-state index contributed by atoms with van der Waals surface area (Å²) in [4.78, 5) is 8.13. The van der Waals surface area contributed by atoms with Crippen LogP contribution in [0.15, 0.2) is 97.6 Å². The molecule has 0 aliphatic rings. The van der Waals surface area contributed by atoms with Crippen LogP contribution in [0.5, 0.6) is 0 Å². The van der Waals surface area contributed by atoms with Gasteiger partial charge in [0.1, 0.15) is 0 Å². The molecule has 124 valence electrons. The number of benzene rings is 2. The molecule has 0 amide bonds. The van der Waals surface area contributed by atoms with Gasteiger partial charge >= 0.3 is 0 Å². The van der Waals surface area contributed by atoms with Gasteiger partial charge in [0.15, 0.2) is 0 Å². The second-order valence-electron chi connectivity index (χ2n) is 6.05. The molecule has 0 saturated heterocycles. The predicted molar refractivity (Wildman–Crippen MR) is 108 cm³/mol. The van der Waals surface area contributed by atoms with Crippen molar-refractivity contribution in [3.63, 3.8) is 0 Å². The molecule has 0 fully saturated rings. The molecule has 2 aromatic carbocycles. The Hall–Kier alpha value is -3.52. The number of aromatic nitrogens is 2. The van der Waals surface area contributed by atoms with Crippen molar-refractivity contribution < 1.29 is 0 Å². The van der Waals surface area contributed by atoms with Crippen molar-refractivity contribution in [2.24, 2.45) is 0 Å². The van der Waals surface area contributed by atoms with Gasteiger partial charge in [-0.25, -0.2) is 0 Å². The fourth-order valence-corrected chi connectivity index (χ4v) is 2.85. The van der Waals surface area contributed by atoms with Crippen LogP contribution in [0.25, 0.3) is 34.4 Å². The third-order valence-electron chi connectivity index (χ3n) is 4.32. The molecule has 2 heterocycles. The summed E-state index contributed by atoms with van der Waals surface area (Å²) in [7, 11) is 0. The first-order valence-electron chi connectivity index (χ1n) is 8.57. The lowest BCUT2D eigenvalue weighted by atomic mass is 10.0. The van der Waals surface area contributed by atoms with Gasteiger partial charge in [-0.1, -0.05) is 60.7 Å². The molecule has 2 heteroatoms. The van der Waals surface area contributed by atoms with E-state index < -0.39 is 0 Å². The Kier molecular flexibility index (Phi) is 4.66. The maximum atomic E-state index is 4.06. The van der Waals surface area contributed by atoms with E-state index in [0.717, 1.165) is 0 Å². The maximum absolute atomic E-state index is 4.06. The number of hydrogen-bond acceptors (Lipinski definition) is 2. The van der Waals surface area contributed by atoms with Crippen LogP contribution in [-0.2, 0) is 0 Å². The Morgan fingerprint density at radius 3 is 1.04 bits per heavy atom. The van der Waals surface area contributed by atoms with E-state index in [9.17, 15) is 0 Å². The number of pyridine rings is 2. The van der Waals surface area contributed by atoms with Crippen LogP contribution in [0.4, 0.5) is 0 Å². The van der Waals surface area contributed by atoms with Crippen molar-refractivity contribution in [1.29, 1.82) is 0 Å². The number of hydrogen-bond donors (Lipinski definition) is 0. The largest absolute Gasteiger partial charge is 0.265 e. The average molecular weight is 334 g/mol. The van der Waals surface area contributed by atoms with Crippen molar-refractivity contribution in [2.45, 2.75) is 0 Å². The lowest BCUT2D eigenvalue weighted by Crippen LogP contribution is -1.80. The summed E-state index contributed by atoms with van der Waals surface area (Å²) in [5.41, 5.74) is 7.13. The Balaban J connectivity index is 1.48.